The van der Waals surface area contributed by atoms with Crippen molar-refractivity contribution >= 4 is 27.5 Å². The van der Waals surface area contributed by atoms with Gasteiger partial charge in [0.05, 0.1) is 0 Å². The van der Waals surface area contributed by atoms with Gasteiger partial charge < -0.3 is 4.90 Å². The molecule has 2 bridgehead atoms. The van der Waals surface area contributed by atoms with Crippen LogP contribution in [-0.2, 0) is 4.79 Å². The average molecular weight is 266 g/mol. The molecule has 15 heavy (non-hydrogen) atoms. The standard InChI is InChI=1S/C12H12BrNO/c13-10-2-1-3-11(6-10)14-7-8-4-9(5-8)12(14)15/h1-3,6,8-9H,4-5,7H2. The van der Waals surface area contributed by atoms with Crippen LogP contribution >= 0.6 is 15.9 Å². The van der Waals surface area contributed by atoms with Crippen molar-refractivity contribution in [2.45, 2.75) is 12.8 Å². The maximum absolute atomic E-state index is 12.0. The van der Waals surface area contributed by atoms with Crippen molar-refractivity contribution in [3.63, 3.8) is 0 Å². The first-order valence-electron chi connectivity index (χ1n) is 5.31. The molecule has 0 unspecified atom stereocenters. The molecule has 1 aromatic carbocycles. The third-order valence-corrected chi connectivity index (χ3v) is 3.90. The summed E-state index contributed by atoms with van der Waals surface area (Å²) < 4.78 is 1.03. The van der Waals surface area contributed by atoms with Gasteiger partial charge in [-0.15, -0.1) is 0 Å². The molecule has 3 heteroatoms. The van der Waals surface area contributed by atoms with Gasteiger partial charge in [-0.05, 0) is 37.0 Å². The van der Waals surface area contributed by atoms with E-state index in [4.69, 9.17) is 0 Å². The normalized spacial score (nSPS) is 28.9. The maximum atomic E-state index is 12.0. The minimum absolute atomic E-state index is 0.308. The number of hydrogen-bond donors (Lipinski definition) is 0. The van der Waals surface area contributed by atoms with Crippen molar-refractivity contribution in [3.05, 3.63) is 28.7 Å². The van der Waals surface area contributed by atoms with E-state index in [0.29, 0.717) is 11.8 Å². The Balaban J connectivity index is 1.91. The van der Waals surface area contributed by atoms with E-state index >= 15 is 0 Å². The Morgan fingerprint density at radius 3 is 2.80 bits per heavy atom. The Bertz CT molecular complexity index is 412. The number of anilines is 1. The minimum Gasteiger partial charge on any atom is -0.312 e. The molecule has 2 nitrogen and oxygen atoms in total. The number of rotatable bonds is 1. The maximum Gasteiger partial charge on any atom is 0.230 e. The zero-order valence-electron chi connectivity index (χ0n) is 8.32. The molecule has 0 spiro atoms. The van der Waals surface area contributed by atoms with E-state index < -0.39 is 0 Å². The third kappa shape index (κ3) is 1.49. The van der Waals surface area contributed by atoms with E-state index in [0.717, 1.165) is 35.5 Å². The van der Waals surface area contributed by atoms with Crippen molar-refractivity contribution in [2.24, 2.45) is 11.8 Å². The van der Waals surface area contributed by atoms with Crippen LogP contribution in [0, 0.1) is 11.8 Å². The molecular formula is C12H12BrNO. The molecule has 2 saturated heterocycles. The summed E-state index contributed by atoms with van der Waals surface area (Å²) in [4.78, 5) is 13.9. The first-order valence-corrected chi connectivity index (χ1v) is 6.10. The minimum atomic E-state index is 0.308. The van der Waals surface area contributed by atoms with E-state index in [1.165, 1.54) is 0 Å². The molecule has 4 rings (SSSR count). The number of carbonyl (C=O) groups is 1. The average Bonchev–Trinajstić information content (AvgIpc) is 2.16. The molecule has 2 aliphatic heterocycles. The van der Waals surface area contributed by atoms with E-state index in [9.17, 15) is 4.79 Å². The number of hydrogen-bond acceptors (Lipinski definition) is 1. The van der Waals surface area contributed by atoms with E-state index in [1.807, 2.05) is 29.2 Å². The van der Waals surface area contributed by atoms with Crippen LogP contribution in [0.15, 0.2) is 28.7 Å². The third-order valence-electron chi connectivity index (χ3n) is 3.41. The summed E-state index contributed by atoms with van der Waals surface area (Å²) in [5.41, 5.74) is 1.03. The fourth-order valence-corrected chi connectivity index (χ4v) is 2.92. The SMILES string of the molecule is O=C1C2CC(C2)CN1c1cccc(Br)c1. The van der Waals surface area contributed by atoms with Crippen LogP contribution in [0.2, 0.25) is 0 Å². The number of amides is 1. The number of nitrogens with zero attached hydrogens (tertiary/aromatic N) is 1. The topological polar surface area (TPSA) is 20.3 Å². The Morgan fingerprint density at radius 1 is 1.33 bits per heavy atom. The highest BCUT2D eigenvalue weighted by molar-refractivity contribution is 9.10. The molecule has 0 atom stereocenters. The second-order valence-corrected chi connectivity index (χ2v) is 5.38. The molecule has 3 fully saturated rings. The fourth-order valence-electron chi connectivity index (χ4n) is 2.53. The van der Waals surface area contributed by atoms with Gasteiger partial charge in [0.15, 0.2) is 0 Å². The van der Waals surface area contributed by atoms with Gasteiger partial charge in [-0.1, -0.05) is 22.0 Å². The van der Waals surface area contributed by atoms with Crippen LogP contribution < -0.4 is 4.90 Å². The van der Waals surface area contributed by atoms with E-state index in [2.05, 4.69) is 15.9 Å². The van der Waals surface area contributed by atoms with Crippen molar-refractivity contribution in [2.75, 3.05) is 11.4 Å². The molecule has 2 heterocycles. The summed E-state index contributed by atoms with van der Waals surface area (Å²) in [5, 5.41) is 0. The van der Waals surface area contributed by atoms with Crippen LogP contribution in [0.5, 0.6) is 0 Å². The van der Waals surface area contributed by atoms with E-state index in [-0.39, 0.29) is 0 Å². The van der Waals surface area contributed by atoms with Gasteiger partial charge in [0, 0.05) is 22.6 Å². The van der Waals surface area contributed by atoms with Crippen molar-refractivity contribution in [1.82, 2.24) is 0 Å². The first-order chi connectivity index (χ1) is 7.24. The highest BCUT2D eigenvalue weighted by Crippen LogP contribution is 2.42. The monoisotopic (exact) mass is 265 g/mol. The van der Waals surface area contributed by atoms with Crippen molar-refractivity contribution in [1.29, 1.82) is 0 Å². The summed E-state index contributed by atoms with van der Waals surface area (Å²) in [6, 6.07) is 7.99. The fraction of sp³-hybridized carbons (Fsp3) is 0.417. The molecule has 0 aromatic heterocycles. The van der Waals surface area contributed by atoms with Gasteiger partial charge in [-0.3, -0.25) is 4.79 Å². The van der Waals surface area contributed by atoms with Gasteiger partial charge in [0.2, 0.25) is 5.91 Å². The number of fused-ring (bicyclic) bond motifs is 2. The summed E-state index contributed by atoms with van der Waals surface area (Å²) in [7, 11) is 0. The summed E-state index contributed by atoms with van der Waals surface area (Å²) in [6.45, 7) is 0.909. The largest absolute Gasteiger partial charge is 0.312 e. The molecule has 0 N–H and O–H groups in total. The molecule has 1 aliphatic carbocycles. The van der Waals surface area contributed by atoms with Gasteiger partial charge in [0.25, 0.3) is 0 Å². The predicted octanol–water partition coefficient (Wildman–Crippen LogP) is 2.82. The molecule has 1 amide bonds. The van der Waals surface area contributed by atoms with Gasteiger partial charge in [-0.2, -0.15) is 0 Å². The smallest absolute Gasteiger partial charge is 0.230 e. The molecule has 1 aromatic rings. The lowest BCUT2D eigenvalue weighted by molar-refractivity contribution is -0.129. The van der Waals surface area contributed by atoms with Crippen LogP contribution in [0.3, 0.4) is 0 Å². The van der Waals surface area contributed by atoms with Gasteiger partial charge in [0.1, 0.15) is 0 Å². The van der Waals surface area contributed by atoms with Gasteiger partial charge >= 0.3 is 0 Å². The lowest BCUT2D eigenvalue weighted by Gasteiger charge is -2.46. The number of benzene rings is 1. The lowest BCUT2D eigenvalue weighted by Crippen LogP contribution is -2.53. The van der Waals surface area contributed by atoms with Crippen LogP contribution in [0.25, 0.3) is 0 Å². The molecule has 78 valence electrons. The van der Waals surface area contributed by atoms with Crippen molar-refractivity contribution in [3.8, 4) is 0 Å². The second kappa shape index (κ2) is 3.34. The Labute approximate surface area is 97.4 Å². The number of halogens is 1. The Morgan fingerprint density at radius 2 is 2.13 bits per heavy atom. The highest BCUT2D eigenvalue weighted by Gasteiger charge is 2.43. The molecule has 3 aliphatic rings. The van der Waals surface area contributed by atoms with Crippen LogP contribution in [0.1, 0.15) is 12.8 Å². The first kappa shape index (κ1) is 9.40. The summed E-state index contributed by atoms with van der Waals surface area (Å²) in [6.07, 6.45) is 2.23. The summed E-state index contributed by atoms with van der Waals surface area (Å²) >= 11 is 3.44. The second-order valence-electron chi connectivity index (χ2n) is 4.46. The lowest BCUT2D eigenvalue weighted by atomic mass is 9.70. The molecule has 1 saturated carbocycles. The van der Waals surface area contributed by atoms with Crippen LogP contribution in [0.4, 0.5) is 5.69 Å². The molecular weight excluding hydrogens is 254 g/mol. The van der Waals surface area contributed by atoms with E-state index in [1.54, 1.807) is 0 Å². The Kier molecular flexibility index (Phi) is 2.09. The molecule has 0 radical (unpaired) electrons. The predicted molar refractivity (Wildman–Crippen MR) is 62.7 cm³/mol. The zero-order chi connectivity index (χ0) is 10.4. The van der Waals surface area contributed by atoms with Gasteiger partial charge in [-0.25, -0.2) is 0 Å². The number of piperidine rings is 2. The highest BCUT2D eigenvalue weighted by atomic mass is 79.9. The quantitative estimate of drug-likeness (QED) is 0.765. The van der Waals surface area contributed by atoms with Crippen molar-refractivity contribution < 1.29 is 4.79 Å². The Hall–Kier alpha value is -0.830. The van der Waals surface area contributed by atoms with Crippen LogP contribution in [-0.4, -0.2) is 12.5 Å². The number of carbonyl (C=O) groups excluding carboxylic acids is 1. The summed E-state index contributed by atoms with van der Waals surface area (Å²) in [5.74, 6) is 1.37. The zero-order valence-corrected chi connectivity index (χ0v) is 9.90.